The number of nitrogens with one attached hydrogen (secondary N) is 1. The van der Waals surface area contributed by atoms with Crippen molar-refractivity contribution in [1.82, 2.24) is 14.1 Å². The predicted octanol–water partition coefficient (Wildman–Crippen LogP) is 7.30. The molecule has 0 radical (unpaired) electrons. The zero-order valence-corrected chi connectivity index (χ0v) is 20.8. The van der Waals surface area contributed by atoms with Crippen molar-refractivity contribution in [3.05, 3.63) is 121 Å². The van der Waals surface area contributed by atoms with Gasteiger partial charge in [-0.25, -0.2) is 4.86 Å². The summed E-state index contributed by atoms with van der Waals surface area (Å²) >= 11 is 0. The molecule has 7 nitrogen and oxygen atoms in total. The molecule has 4 aromatic rings. The monoisotopic (exact) mass is 509 g/mol. The summed E-state index contributed by atoms with van der Waals surface area (Å²) in [6.45, 7) is 0. The van der Waals surface area contributed by atoms with Crippen molar-refractivity contribution < 1.29 is 18.7 Å². The lowest BCUT2D eigenvalue weighted by Gasteiger charge is -2.41. The van der Waals surface area contributed by atoms with Gasteiger partial charge in [0.1, 0.15) is 23.0 Å². The third-order valence-corrected chi connectivity index (χ3v) is 9.55. The van der Waals surface area contributed by atoms with Crippen LogP contribution in [0.2, 0.25) is 0 Å². The van der Waals surface area contributed by atoms with E-state index < -0.39 is 16.9 Å². The molecule has 5 rings (SSSR count). The van der Waals surface area contributed by atoms with Crippen molar-refractivity contribution in [3.8, 4) is 23.0 Å². The highest BCUT2D eigenvalue weighted by atomic mass is 31.3. The van der Waals surface area contributed by atoms with Crippen molar-refractivity contribution in [1.29, 1.82) is 0 Å². The summed E-state index contributed by atoms with van der Waals surface area (Å²) in [5.41, 5.74) is 0. The maximum absolute atomic E-state index is 6.46. The number of rotatable bonds is 8. The van der Waals surface area contributed by atoms with Crippen molar-refractivity contribution in [3.63, 3.8) is 0 Å². The lowest BCUT2D eigenvalue weighted by molar-refractivity contribution is 0.0676. The molecule has 1 heterocycles. The van der Waals surface area contributed by atoms with Crippen molar-refractivity contribution in [2.24, 2.45) is 0 Å². The van der Waals surface area contributed by atoms with Gasteiger partial charge < -0.3 is 18.7 Å². The topological polar surface area (TPSA) is 55.4 Å². The van der Waals surface area contributed by atoms with Gasteiger partial charge in [-0.2, -0.15) is 0 Å². The summed E-state index contributed by atoms with van der Waals surface area (Å²) < 4.78 is 16.3. The molecule has 1 fully saturated rings. The molecule has 0 amide bonds. The van der Waals surface area contributed by atoms with E-state index in [9.17, 15) is 0 Å². The standard InChI is InChI=1S/C24H22N3O4P3/c1-5-13-21(14-6-1)28-26-32-25-33(30-23-17-9-3-10-18-23)27(29-22-15-7-2-8-16-22)34(26)31-24-19-11-4-12-20-24/h1-20,25,32H. The largest absolute Gasteiger partial charge is 0.442 e. The lowest BCUT2D eigenvalue weighted by atomic mass is 10.3. The van der Waals surface area contributed by atoms with E-state index in [1.165, 1.54) is 0 Å². The van der Waals surface area contributed by atoms with Crippen LogP contribution in [0.3, 0.4) is 0 Å². The molecule has 34 heavy (non-hydrogen) atoms. The molecule has 0 spiro atoms. The van der Waals surface area contributed by atoms with E-state index >= 15 is 0 Å². The Balaban J connectivity index is 1.47. The Morgan fingerprint density at radius 3 is 1.50 bits per heavy atom. The van der Waals surface area contributed by atoms with Crippen LogP contribution in [-0.4, -0.2) is 9.21 Å². The molecule has 0 bridgehead atoms. The molecule has 0 aromatic heterocycles. The summed E-state index contributed by atoms with van der Waals surface area (Å²) in [6.07, 6.45) is 0. The molecule has 1 aliphatic rings. The first kappa shape index (κ1) is 23.0. The van der Waals surface area contributed by atoms with Crippen molar-refractivity contribution in [2.75, 3.05) is 0 Å². The lowest BCUT2D eigenvalue weighted by Crippen LogP contribution is -2.37. The number of nitrogens with zero attached hydrogens (tertiary/aromatic N) is 2. The van der Waals surface area contributed by atoms with Gasteiger partial charge >= 0.3 is 8.45 Å². The summed E-state index contributed by atoms with van der Waals surface area (Å²) in [6, 6.07) is 38.5. The van der Waals surface area contributed by atoms with E-state index in [2.05, 4.69) is 4.86 Å². The molecule has 0 saturated carbocycles. The SMILES string of the molecule is c1ccc(ON2PNP(Oc3ccccc3)N(Oc3ccccc3)P2Oc2ccccc2)cc1. The number of benzene rings is 4. The normalized spacial score (nSPS) is 19.4. The smallest absolute Gasteiger partial charge is 0.332 e. The zero-order valence-electron chi connectivity index (χ0n) is 18.0. The molecular formula is C24H22N3O4P3. The third kappa shape index (κ3) is 6.02. The Bertz CT molecular complexity index is 1050. The Morgan fingerprint density at radius 2 is 0.971 bits per heavy atom. The molecule has 3 unspecified atom stereocenters. The van der Waals surface area contributed by atoms with Crippen LogP contribution in [0.15, 0.2) is 121 Å². The van der Waals surface area contributed by atoms with E-state index in [1.807, 2.05) is 121 Å². The van der Waals surface area contributed by atoms with Crippen molar-refractivity contribution in [2.45, 2.75) is 0 Å². The van der Waals surface area contributed by atoms with E-state index in [1.54, 1.807) is 9.21 Å². The second-order valence-corrected chi connectivity index (χ2v) is 11.6. The van der Waals surface area contributed by atoms with E-state index in [0.717, 1.165) is 5.75 Å². The minimum Gasteiger partial charge on any atom is -0.442 e. The van der Waals surface area contributed by atoms with Gasteiger partial charge in [-0.15, -0.1) is 0 Å². The molecule has 4 aromatic carbocycles. The first-order chi connectivity index (χ1) is 16.8. The summed E-state index contributed by atoms with van der Waals surface area (Å²) in [7, 11) is -2.92. The highest BCUT2D eigenvalue weighted by molar-refractivity contribution is 7.74. The highest BCUT2D eigenvalue weighted by Crippen LogP contribution is 2.65. The zero-order chi connectivity index (χ0) is 23.0. The summed E-state index contributed by atoms with van der Waals surface area (Å²) in [4.78, 5) is 16.0. The summed E-state index contributed by atoms with van der Waals surface area (Å²) in [5.74, 6) is 2.82. The van der Waals surface area contributed by atoms with Crippen LogP contribution in [0.25, 0.3) is 0 Å². The van der Waals surface area contributed by atoms with Gasteiger partial charge in [-0.3, -0.25) is 0 Å². The minimum atomic E-state index is -1.58. The molecule has 1 N–H and O–H groups in total. The molecule has 3 atom stereocenters. The third-order valence-electron chi connectivity index (χ3n) is 4.43. The fourth-order valence-electron chi connectivity index (χ4n) is 2.88. The van der Waals surface area contributed by atoms with Gasteiger partial charge in [0.2, 0.25) is 0 Å². The first-order valence-electron chi connectivity index (χ1n) is 10.5. The Hall–Kier alpha value is -2.75. The average Bonchev–Trinajstić information content (AvgIpc) is 2.90. The van der Waals surface area contributed by atoms with E-state index in [4.69, 9.17) is 18.7 Å². The predicted molar refractivity (Wildman–Crippen MR) is 137 cm³/mol. The maximum Gasteiger partial charge on any atom is 0.332 e. The maximum atomic E-state index is 6.46. The van der Waals surface area contributed by atoms with Gasteiger partial charge in [-0.05, 0) is 53.1 Å². The van der Waals surface area contributed by atoms with Gasteiger partial charge in [0.25, 0.3) is 8.45 Å². The van der Waals surface area contributed by atoms with Gasteiger partial charge in [0.15, 0.2) is 0 Å². The van der Waals surface area contributed by atoms with Gasteiger partial charge in [0.05, 0.1) is 8.88 Å². The Morgan fingerprint density at radius 1 is 0.529 bits per heavy atom. The molecular weight excluding hydrogens is 487 g/mol. The van der Waals surface area contributed by atoms with Crippen LogP contribution >= 0.6 is 25.8 Å². The molecule has 1 aliphatic heterocycles. The van der Waals surface area contributed by atoms with Crippen LogP contribution in [-0.2, 0) is 0 Å². The first-order valence-corrected chi connectivity index (χ1v) is 13.8. The minimum absolute atomic E-state index is 0.0761. The molecule has 10 heteroatoms. The van der Waals surface area contributed by atoms with Gasteiger partial charge in [-0.1, -0.05) is 72.8 Å². The second-order valence-electron chi connectivity index (χ2n) is 6.89. The van der Waals surface area contributed by atoms with Crippen LogP contribution in [0.1, 0.15) is 0 Å². The van der Waals surface area contributed by atoms with Crippen LogP contribution in [0.5, 0.6) is 23.0 Å². The molecule has 1 saturated heterocycles. The van der Waals surface area contributed by atoms with Crippen LogP contribution in [0.4, 0.5) is 0 Å². The van der Waals surface area contributed by atoms with Crippen LogP contribution < -0.4 is 23.6 Å². The van der Waals surface area contributed by atoms with Crippen molar-refractivity contribution >= 4 is 25.8 Å². The Kier molecular flexibility index (Phi) is 7.85. The fraction of sp³-hybridized carbons (Fsp3) is 0. The fourth-order valence-corrected chi connectivity index (χ4v) is 8.46. The number of hydrogen-bond acceptors (Lipinski definition) is 7. The number of para-hydroxylation sites is 4. The van der Waals surface area contributed by atoms with E-state index in [0.29, 0.717) is 17.2 Å². The quantitative estimate of drug-likeness (QED) is 0.250. The average molecular weight is 509 g/mol. The second kappa shape index (κ2) is 11.6. The molecule has 172 valence electrons. The Labute approximate surface area is 202 Å². The van der Waals surface area contributed by atoms with E-state index in [-0.39, 0.29) is 8.88 Å². The van der Waals surface area contributed by atoms with Crippen LogP contribution in [0, 0.1) is 0 Å². The molecule has 0 aliphatic carbocycles. The summed E-state index contributed by atoms with van der Waals surface area (Å²) in [5, 5.41) is 0. The highest BCUT2D eigenvalue weighted by Gasteiger charge is 2.46. The number of hydrogen-bond donors (Lipinski definition) is 1. The van der Waals surface area contributed by atoms with Gasteiger partial charge in [0, 0.05) is 4.60 Å².